The summed E-state index contributed by atoms with van der Waals surface area (Å²) in [5.41, 5.74) is 0.893. The lowest BCUT2D eigenvalue weighted by Gasteiger charge is -2.59. The highest BCUT2D eigenvalue weighted by atomic mass is 19.4. The van der Waals surface area contributed by atoms with Crippen molar-refractivity contribution in [3.8, 4) is 5.75 Å². The largest absolute Gasteiger partial charge is 0.494 e. The van der Waals surface area contributed by atoms with Gasteiger partial charge >= 0.3 is 12.3 Å². The summed E-state index contributed by atoms with van der Waals surface area (Å²) in [4.78, 5) is 24.3. The van der Waals surface area contributed by atoms with Crippen LogP contribution < -0.4 is 10.1 Å². The van der Waals surface area contributed by atoms with Gasteiger partial charge in [-0.2, -0.15) is 13.2 Å². The van der Waals surface area contributed by atoms with Crippen LogP contribution in [0.2, 0.25) is 0 Å². The second-order valence-corrected chi connectivity index (χ2v) is 8.73. The van der Waals surface area contributed by atoms with E-state index in [1.165, 1.54) is 18.0 Å². The second-order valence-electron chi connectivity index (χ2n) is 8.73. The van der Waals surface area contributed by atoms with Gasteiger partial charge in [-0.1, -0.05) is 0 Å². The second kappa shape index (κ2) is 7.74. The summed E-state index contributed by atoms with van der Waals surface area (Å²) < 4.78 is 44.1. The molecule has 1 saturated carbocycles. The lowest BCUT2D eigenvalue weighted by Crippen LogP contribution is -2.63. The number of nitrogens with one attached hydrogen (secondary N) is 1. The van der Waals surface area contributed by atoms with Crippen LogP contribution in [-0.4, -0.2) is 59.0 Å². The predicted octanol–water partition coefficient (Wildman–Crippen LogP) is 4.17. The minimum atomic E-state index is -4.13. The van der Waals surface area contributed by atoms with Crippen LogP contribution in [-0.2, 0) is 4.79 Å². The Hall–Kier alpha value is -2.75. The number of carbonyl (C=O) groups is 2. The van der Waals surface area contributed by atoms with Crippen molar-refractivity contribution >= 4 is 28.6 Å². The molecule has 1 aromatic carbocycles. The fraction of sp³-hybridized carbons (Fsp3) is 0.524. The minimum Gasteiger partial charge on any atom is -0.494 e. The first-order chi connectivity index (χ1) is 14.5. The Kier molecular flexibility index (Phi) is 5.36. The smallest absolute Gasteiger partial charge is 0.416 e. The monoisotopic (exact) mass is 439 g/mol. The van der Waals surface area contributed by atoms with Crippen molar-refractivity contribution in [2.45, 2.75) is 32.4 Å². The third-order valence-electron chi connectivity index (χ3n) is 6.05. The Morgan fingerprint density at radius 3 is 2.61 bits per heavy atom. The van der Waals surface area contributed by atoms with Crippen LogP contribution >= 0.6 is 0 Å². The lowest BCUT2D eigenvalue weighted by molar-refractivity contribution is -0.186. The van der Waals surface area contributed by atoms with E-state index in [2.05, 4.69) is 5.32 Å². The first-order valence-electron chi connectivity index (χ1n) is 10.1. The number of ether oxygens (including phenoxy) is 1. The minimum absolute atomic E-state index is 0.0574. The number of hydrogen-bond acceptors (Lipinski definition) is 4. The SMILES string of the molecule is CC(=O)Nc1cn(C(=O)O)c2ccc(OCCC3CC4(C3)CN(CC(F)(F)F)C4)cc12. The number of carboxylic acid groups (broad SMARTS) is 1. The molecule has 1 saturated heterocycles. The molecule has 2 heterocycles. The van der Waals surface area contributed by atoms with Crippen LogP contribution in [0.4, 0.5) is 23.7 Å². The first kappa shape index (κ1) is 21.5. The van der Waals surface area contributed by atoms with E-state index in [4.69, 9.17) is 4.74 Å². The predicted molar refractivity (Wildman–Crippen MR) is 107 cm³/mol. The van der Waals surface area contributed by atoms with Crippen LogP contribution in [0.1, 0.15) is 26.2 Å². The Balaban J connectivity index is 1.29. The number of anilines is 1. The zero-order chi connectivity index (χ0) is 22.4. The fourth-order valence-corrected chi connectivity index (χ4v) is 4.98. The van der Waals surface area contributed by atoms with Crippen LogP contribution in [0.3, 0.4) is 0 Å². The number of fused-ring (bicyclic) bond motifs is 1. The van der Waals surface area contributed by atoms with Crippen molar-refractivity contribution in [3.63, 3.8) is 0 Å². The molecular formula is C21H24F3N3O4. The Labute approximate surface area is 176 Å². The number of rotatable bonds is 6. The molecular weight excluding hydrogens is 415 g/mol. The average Bonchev–Trinajstić information content (AvgIpc) is 2.94. The van der Waals surface area contributed by atoms with Crippen LogP contribution in [0.25, 0.3) is 10.9 Å². The zero-order valence-corrected chi connectivity index (χ0v) is 17.0. The molecule has 10 heteroatoms. The molecule has 2 fully saturated rings. The molecule has 31 heavy (non-hydrogen) atoms. The average molecular weight is 439 g/mol. The molecule has 2 N–H and O–H groups in total. The Bertz CT molecular complexity index is 1000. The number of amides is 1. The number of carbonyl (C=O) groups excluding carboxylic acids is 1. The van der Waals surface area contributed by atoms with Gasteiger partial charge in [0, 0.05) is 31.6 Å². The highest BCUT2D eigenvalue weighted by Crippen LogP contribution is 2.53. The lowest BCUT2D eigenvalue weighted by atomic mass is 9.57. The van der Waals surface area contributed by atoms with Crippen molar-refractivity contribution in [1.29, 1.82) is 0 Å². The molecule has 1 aliphatic carbocycles. The zero-order valence-electron chi connectivity index (χ0n) is 17.0. The maximum Gasteiger partial charge on any atom is 0.416 e. The number of benzene rings is 1. The van der Waals surface area contributed by atoms with Gasteiger partial charge in [0.15, 0.2) is 0 Å². The fourth-order valence-electron chi connectivity index (χ4n) is 4.98. The van der Waals surface area contributed by atoms with E-state index in [0.29, 0.717) is 48.0 Å². The molecule has 0 unspecified atom stereocenters. The van der Waals surface area contributed by atoms with Gasteiger partial charge in [0.1, 0.15) is 5.75 Å². The van der Waals surface area contributed by atoms with Crippen molar-refractivity contribution < 1.29 is 32.6 Å². The third kappa shape index (κ3) is 4.63. The maximum absolute atomic E-state index is 12.4. The van der Waals surface area contributed by atoms with Gasteiger partial charge in [-0.25, -0.2) is 4.79 Å². The van der Waals surface area contributed by atoms with Crippen LogP contribution in [0.5, 0.6) is 5.75 Å². The van der Waals surface area contributed by atoms with E-state index in [1.54, 1.807) is 18.2 Å². The van der Waals surface area contributed by atoms with Gasteiger partial charge in [-0.15, -0.1) is 0 Å². The van der Waals surface area contributed by atoms with E-state index in [-0.39, 0.29) is 11.3 Å². The number of alkyl halides is 3. The van der Waals surface area contributed by atoms with Crippen molar-refractivity contribution in [1.82, 2.24) is 9.47 Å². The number of halogens is 3. The number of hydrogen-bond donors (Lipinski definition) is 2. The maximum atomic E-state index is 12.4. The topological polar surface area (TPSA) is 83.8 Å². The quantitative estimate of drug-likeness (QED) is 0.706. The van der Waals surface area contributed by atoms with Gasteiger partial charge in [0.2, 0.25) is 5.91 Å². The van der Waals surface area contributed by atoms with E-state index < -0.39 is 18.8 Å². The van der Waals surface area contributed by atoms with E-state index in [0.717, 1.165) is 23.8 Å². The molecule has 1 spiro atoms. The molecule has 1 aromatic heterocycles. The molecule has 0 radical (unpaired) electrons. The van der Waals surface area contributed by atoms with Crippen LogP contribution in [0.15, 0.2) is 24.4 Å². The summed E-state index contributed by atoms with van der Waals surface area (Å²) >= 11 is 0. The normalized spacial score (nSPS) is 18.6. The van der Waals surface area contributed by atoms with Crippen LogP contribution in [0, 0.1) is 11.3 Å². The summed E-state index contributed by atoms with van der Waals surface area (Å²) in [7, 11) is 0. The summed E-state index contributed by atoms with van der Waals surface area (Å²) in [6.07, 6.45) is -1.26. The van der Waals surface area contributed by atoms with E-state index in [1.807, 2.05) is 0 Å². The van der Waals surface area contributed by atoms with Gasteiger partial charge in [-0.05, 0) is 48.8 Å². The molecule has 4 rings (SSSR count). The number of aromatic nitrogens is 1. The van der Waals surface area contributed by atoms with Gasteiger partial charge in [-0.3, -0.25) is 14.3 Å². The molecule has 0 bridgehead atoms. The van der Waals surface area contributed by atoms with Gasteiger partial charge in [0.05, 0.1) is 24.4 Å². The third-order valence-corrected chi connectivity index (χ3v) is 6.05. The highest BCUT2D eigenvalue weighted by molar-refractivity contribution is 6.04. The molecule has 2 aliphatic rings. The Morgan fingerprint density at radius 2 is 2.00 bits per heavy atom. The molecule has 1 aliphatic heterocycles. The van der Waals surface area contributed by atoms with Crippen molar-refractivity contribution in [2.75, 3.05) is 31.6 Å². The highest BCUT2D eigenvalue weighted by Gasteiger charge is 2.53. The van der Waals surface area contributed by atoms with E-state index >= 15 is 0 Å². The summed E-state index contributed by atoms with van der Waals surface area (Å²) in [6, 6.07) is 5.01. The molecule has 168 valence electrons. The number of nitrogens with zero attached hydrogens (tertiary/aromatic N) is 2. The summed E-state index contributed by atoms with van der Waals surface area (Å²) in [5.74, 6) is 0.704. The number of likely N-dealkylation sites (tertiary alicyclic amines) is 1. The molecule has 7 nitrogen and oxygen atoms in total. The summed E-state index contributed by atoms with van der Waals surface area (Å²) in [6.45, 7) is 2.03. The standard InChI is InChI=1S/C21H24F3N3O4/c1-13(28)25-17-9-27(19(29)30)18-3-2-15(6-16(17)18)31-5-4-14-7-20(8-14)10-26(11-20)12-21(22,23)24/h2-3,6,9,14H,4-5,7-8,10-12H2,1H3,(H,25,28)(H,29,30). The van der Waals surface area contributed by atoms with Gasteiger partial charge < -0.3 is 15.2 Å². The first-order valence-corrected chi connectivity index (χ1v) is 10.1. The van der Waals surface area contributed by atoms with Crippen molar-refractivity contribution in [2.24, 2.45) is 11.3 Å². The molecule has 1 amide bonds. The molecule has 0 atom stereocenters. The van der Waals surface area contributed by atoms with Gasteiger partial charge in [0.25, 0.3) is 0 Å². The molecule has 2 aromatic rings. The summed E-state index contributed by atoms with van der Waals surface area (Å²) in [5, 5.41) is 12.5. The van der Waals surface area contributed by atoms with E-state index in [9.17, 15) is 27.9 Å². The van der Waals surface area contributed by atoms with Crippen molar-refractivity contribution in [3.05, 3.63) is 24.4 Å². The Morgan fingerprint density at radius 1 is 1.29 bits per heavy atom.